The van der Waals surface area contributed by atoms with Crippen molar-refractivity contribution in [3.63, 3.8) is 0 Å². The Morgan fingerprint density at radius 3 is 2.44 bits per heavy atom. The average Bonchev–Trinajstić information content (AvgIpc) is 2.16. The normalized spacial score (nSPS) is 12.1. The molecular weight excluding hydrogens is 200 g/mol. The third kappa shape index (κ3) is 6.47. The highest BCUT2D eigenvalue weighted by Gasteiger charge is 2.18. The molecule has 0 saturated heterocycles. The van der Waals surface area contributed by atoms with Crippen molar-refractivity contribution in [3.05, 3.63) is 17.9 Å². The van der Waals surface area contributed by atoms with Crippen LogP contribution in [0.1, 0.15) is 53.4 Å². The van der Waals surface area contributed by atoms with E-state index in [1.165, 1.54) is 6.92 Å². The van der Waals surface area contributed by atoms with Gasteiger partial charge in [-0.05, 0) is 25.2 Å². The highest BCUT2D eigenvalue weighted by molar-refractivity contribution is 5.66. The fraction of sp³-hybridized carbons (Fsp3) is 0.714. The molecule has 0 bridgehead atoms. The minimum Gasteiger partial charge on any atom is -0.457 e. The van der Waals surface area contributed by atoms with Gasteiger partial charge in [-0.25, -0.2) is 0 Å². The monoisotopic (exact) mass is 224 g/mol. The second kappa shape index (κ2) is 8.18. The molecule has 0 aromatic rings. The zero-order valence-corrected chi connectivity index (χ0v) is 11.0. The average molecular weight is 224 g/mol. The Morgan fingerprint density at radius 1 is 1.44 bits per heavy atom. The minimum absolute atomic E-state index is 0.137. The molecule has 0 aromatic heterocycles. The van der Waals surface area contributed by atoms with Crippen LogP contribution < -0.4 is 0 Å². The first-order valence-electron chi connectivity index (χ1n) is 6.07. The van der Waals surface area contributed by atoms with Gasteiger partial charge < -0.3 is 4.74 Å². The Labute approximate surface area is 99.4 Å². The van der Waals surface area contributed by atoms with E-state index in [0.717, 1.165) is 31.3 Å². The number of carbonyl (C=O) groups is 1. The van der Waals surface area contributed by atoms with E-state index < -0.39 is 0 Å². The number of ether oxygens (including phenoxy) is 1. The highest BCUT2D eigenvalue weighted by Crippen LogP contribution is 2.20. The second-order valence-corrected chi connectivity index (χ2v) is 4.53. The van der Waals surface area contributed by atoms with Crippen LogP contribution in [0.4, 0.5) is 0 Å². The number of rotatable bonds is 7. The smallest absolute Gasteiger partial charge is 0.303 e. The summed E-state index contributed by atoms with van der Waals surface area (Å²) < 4.78 is 5.33. The van der Waals surface area contributed by atoms with Crippen LogP contribution in [0.5, 0.6) is 0 Å². The van der Waals surface area contributed by atoms with Crippen molar-refractivity contribution in [2.75, 3.05) is 0 Å². The first kappa shape index (κ1) is 15.0. The van der Waals surface area contributed by atoms with Gasteiger partial charge in [-0.1, -0.05) is 33.8 Å². The predicted octanol–water partition coefficient (Wildman–Crippen LogP) is 3.87. The van der Waals surface area contributed by atoms with Crippen molar-refractivity contribution in [1.82, 2.24) is 0 Å². The quantitative estimate of drug-likeness (QED) is 0.485. The van der Waals surface area contributed by atoms with Crippen molar-refractivity contribution in [2.24, 2.45) is 5.92 Å². The van der Waals surface area contributed by atoms with Crippen molar-refractivity contribution in [1.29, 1.82) is 0 Å². The Hall–Kier alpha value is -1.01. The molecule has 16 heavy (non-hydrogen) atoms. The van der Waals surface area contributed by atoms with Crippen LogP contribution >= 0.6 is 0 Å². The summed E-state index contributed by atoms with van der Waals surface area (Å²) in [5.41, 5.74) is 3.97. The van der Waals surface area contributed by atoms with Crippen LogP contribution in [-0.2, 0) is 9.53 Å². The molecule has 0 aliphatic rings. The van der Waals surface area contributed by atoms with Crippen molar-refractivity contribution in [2.45, 2.75) is 59.5 Å². The van der Waals surface area contributed by atoms with Gasteiger partial charge >= 0.3 is 5.97 Å². The predicted molar refractivity (Wildman–Crippen MR) is 67.2 cm³/mol. The summed E-state index contributed by atoms with van der Waals surface area (Å²) in [4.78, 5) is 11.0. The van der Waals surface area contributed by atoms with E-state index in [9.17, 15) is 4.79 Å². The third-order valence-electron chi connectivity index (χ3n) is 2.41. The molecule has 1 atom stereocenters. The molecule has 0 spiro atoms. The lowest BCUT2D eigenvalue weighted by Crippen LogP contribution is -2.20. The maximum atomic E-state index is 11.0. The number of carbonyl (C=O) groups excluding carboxylic acids is 1. The first-order valence-corrected chi connectivity index (χ1v) is 6.07. The van der Waals surface area contributed by atoms with E-state index >= 15 is 0 Å². The van der Waals surface area contributed by atoms with Crippen molar-refractivity contribution in [3.8, 4) is 0 Å². The van der Waals surface area contributed by atoms with Gasteiger partial charge in [0.05, 0.1) is 0 Å². The molecule has 0 N–H and O–H groups in total. The molecule has 0 fully saturated rings. The summed E-state index contributed by atoms with van der Waals surface area (Å²) in [6.45, 7) is 11.5. The van der Waals surface area contributed by atoms with Crippen LogP contribution in [-0.4, -0.2) is 12.1 Å². The molecule has 92 valence electrons. The second-order valence-electron chi connectivity index (χ2n) is 4.53. The largest absolute Gasteiger partial charge is 0.457 e. The summed E-state index contributed by atoms with van der Waals surface area (Å²) in [6, 6.07) is 0. The van der Waals surface area contributed by atoms with Gasteiger partial charge in [0.15, 0.2) is 0 Å². The maximum Gasteiger partial charge on any atom is 0.303 e. The fourth-order valence-corrected chi connectivity index (χ4v) is 1.62. The molecule has 0 radical (unpaired) electrons. The highest BCUT2D eigenvalue weighted by atomic mass is 16.5. The van der Waals surface area contributed by atoms with Gasteiger partial charge in [-0.3, -0.25) is 4.79 Å². The molecular formula is C14H24O2. The van der Waals surface area contributed by atoms with Gasteiger partial charge in [0.25, 0.3) is 0 Å². The Kier molecular flexibility index (Phi) is 7.66. The van der Waals surface area contributed by atoms with Gasteiger partial charge in [0, 0.05) is 12.5 Å². The van der Waals surface area contributed by atoms with E-state index in [1.807, 2.05) is 0 Å². The zero-order chi connectivity index (χ0) is 12.6. The number of hydrogen-bond acceptors (Lipinski definition) is 2. The lowest BCUT2D eigenvalue weighted by atomic mass is 9.96. The van der Waals surface area contributed by atoms with Crippen LogP contribution in [0.2, 0.25) is 0 Å². The van der Waals surface area contributed by atoms with Gasteiger partial charge in [-0.15, -0.1) is 5.73 Å². The van der Waals surface area contributed by atoms with Crippen molar-refractivity contribution < 1.29 is 9.53 Å². The van der Waals surface area contributed by atoms with E-state index in [-0.39, 0.29) is 12.1 Å². The molecule has 1 unspecified atom stereocenters. The minimum atomic E-state index is -0.227. The molecule has 2 nitrogen and oxygen atoms in total. The Morgan fingerprint density at radius 2 is 2.06 bits per heavy atom. The molecule has 0 aromatic carbocycles. The standard InChI is InChI=1S/C14H24O2/c1-6-8-9-13(7-2)14(10-11(3)4)16-12(5)15/h11,14H,2,6,8-10H2,1,3-5H3. The lowest BCUT2D eigenvalue weighted by molar-refractivity contribution is -0.145. The summed E-state index contributed by atoms with van der Waals surface area (Å²) in [5, 5.41) is 0. The van der Waals surface area contributed by atoms with Gasteiger partial charge in [-0.2, -0.15) is 0 Å². The Balaban J connectivity index is 4.56. The van der Waals surface area contributed by atoms with E-state index in [0.29, 0.717) is 5.92 Å². The van der Waals surface area contributed by atoms with Crippen LogP contribution in [0, 0.1) is 5.92 Å². The molecule has 0 aliphatic carbocycles. The molecule has 0 aliphatic heterocycles. The van der Waals surface area contributed by atoms with E-state index in [2.05, 4.69) is 33.1 Å². The van der Waals surface area contributed by atoms with Crippen LogP contribution in [0.3, 0.4) is 0 Å². The lowest BCUT2D eigenvalue weighted by Gasteiger charge is -2.20. The maximum absolute atomic E-state index is 11.0. The zero-order valence-electron chi connectivity index (χ0n) is 11.0. The first-order chi connectivity index (χ1) is 7.51. The summed E-state index contributed by atoms with van der Waals surface area (Å²) in [7, 11) is 0. The van der Waals surface area contributed by atoms with E-state index in [1.54, 1.807) is 0 Å². The molecule has 0 saturated carbocycles. The number of hydrogen-bond donors (Lipinski definition) is 0. The Bertz CT molecular complexity index is 260. The summed E-state index contributed by atoms with van der Waals surface area (Å²) in [6.07, 6.45) is 3.85. The molecule has 0 amide bonds. The summed E-state index contributed by atoms with van der Waals surface area (Å²) in [5.74, 6) is 0.268. The van der Waals surface area contributed by atoms with Gasteiger partial charge in [0.1, 0.15) is 6.10 Å². The van der Waals surface area contributed by atoms with Crippen molar-refractivity contribution >= 4 is 5.97 Å². The number of esters is 1. The topological polar surface area (TPSA) is 26.3 Å². The van der Waals surface area contributed by atoms with E-state index in [4.69, 9.17) is 4.74 Å². The van der Waals surface area contributed by atoms with Crippen LogP contribution in [0.15, 0.2) is 17.9 Å². The fourth-order valence-electron chi connectivity index (χ4n) is 1.62. The summed E-state index contributed by atoms with van der Waals surface area (Å²) >= 11 is 0. The molecule has 2 heteroatoms. The third-order valence-corrected chi connectivity index (χ3v) is 2.41. The van der Waals surface area contributed by atoms with Crippen LogP contribution in [0.25, 0.3) is 0 Å². The SMILES string of the molecule is C=C=C(CCCC)C(CC(C)C)OC(C)=O. The molecule has 0 heterocycles. The molecule has 0 rings (SSSR count). The van der Waals surface area contributed by atoms with Gasteiger partial charge in [0.2, 0.25) is 0 Å². The number of unbranched alkanes of at least 4 members (excludes halogenated alkanes) is 1.